The van der Waals surface area contributed by atoms with Gasteiger partial charge in [-0.3, -0.25) is 0 Å². The summed E-state index contributed by atoms with van der Waals surface area (Å²) in [7, 11) is 0. The van der Waals surface area contributed by atoms with Crippen LogP contribution in [0.15, 0.2) is 5.38 Å². The van der Waals surface area contributed by atoms with Gasteiger partial charge in [0.15, 0.2) is 0 Å². The lowest BCUT2D eigenvalue weighted by atomic mass is 10.0. The van der Waals surface area contributed by atoms with Gasteiger partial charge in [-0.05, 0) is 32.6 Å². The number of nitrogens with zero attached hydrogens (tertiary/aromatic N) is 2. The number of rotatable bonds is 2. The summed E-state index contributed by atoms with van der Waals surface area (Å²) in [6.45, 7) is 2.01. The number of aromatic nitrogens is 2. The number of aryl methyl sites for hydroxylation is 3. The number of fused-ring (bicyclic) bond motifs is 1. The molecule has 5 heteroatoms. The molecule has 0 amide bonds. The largest absolute Gasteiger partial charge is 0.317 e. The van der Waals surface area contributed by atoms with E-state index in [0.29, 0.717) is 0 Å². The Kier molecular flexibility index (Phi) is 2.98. The maximum atomic E-state index is 6.23. The standard InChI is InChI=1S/C12H15N3S2/c1-7-14-9(6-16-7)11(13)12-15-8-4-2-3-5-10(8)17-12/h6,11H,2-5,13H2,1H3. The van der Waals surface area contributed by atoms with Gasteiger partial charge in [0, 0.05) is 10.3 Å². The van der Waals surface area contributed by atoms with Crippen LogP contribution in [-0.4, -0.2) is 9.97 Å². The predicted octanol–water partition coefficient (Wildman–Crippen LogP) is 2.83. The monoisotopic (exact) mass is 265 g/mol. The summed E-state index contributed by atoms with van der Waals surface area (Å²) < 4.78 is 0. The molecule has 1 unspecified atom stereocenters. The highest BCUT2D eigenvalue weighted by Crippen LogP contribution is 2.31. The minimum atomic E-state index is -0.143. The molecule has 17 heavy (non-hydrogen) atoms. The van der Waals surface area contributed by atoms with Crippen molar-refractivity contribution in [2.45, 2.75) is 38.6 Å². The Labute approximate surface area is 109 Å². The van der Waals surface area contributed by atoms with Crippen molar-refractivity contribution in [1.29, 1.82) is 0 Å². The van der Waals surface area contributed by atoms with E-state index in [9.17, 15) is 0 Å². The SMILES string of the molecule is Cc1nc(C(N)c2nc3c(s2)CCCC3)cs1. The van der Waals surface area contributed by atoms with Crippen LogP contribution >= 0.6 is 22.7 Å². The van der Waals surface area contributed by atoms with E-state index in [1.807, 2.05) is 12.3 Å². The second-order valence-electron chi connectivity index (χ2n) is 4.40. The molecule has 0 radical (unpaired) electrons. The van der Waals surface area contributed by atoms with Crippen molar-refractivity contribution in [3.05, 3.63) is 31.7 Å². The molecular formula is C12H15N3S2. The highest BCUT2D eigenvalue weighted by Gasteiger charge is 2.20. The van der Waals surface area contributed by atoms with Gasteiger partial charge in [0.1, 0.15) is 11.0 Å². The summed E-state index contributed by atoms with van der Waals surface area (Å²) in [6, 6.07) is -0.143. The molecule has 3 nitrogen and oxygen atoms in total. The third-order valence-corrected chi connectivity index (χ3v) is 5.12. The van der Waals surface area contributed by atoms with Crippen LogP contribution in [0, 0.1) is 6.92 Å². The van der Waals surface area contributed by atoms with Gasteiger partial charge in [-0.2, -0.15) is 0 Å². The van der Waals surface area contributed by atoms with Gasteiger partial charge >= 0.3 is 0 Å². The molecule has 3 rings (SSSR count). The second-order valence-corrected chi connectivity index (χ2v) is 6.58. The summed E-state index contributed by atoms with van der Waals surface area (Å²) in [4.78, 5) is 10.6. The summed E-state index contributed by atoms with van der Waals surface area (Å²) in [5, 5.41) is 4.14. The van der Waals surface area contributed by atoms with Gasteiger partial charge in [0.25, 0.3) is 0 Å². The Morgan fingerprint density at radius 2 is 2.12 bits per heavy atom. The molecule has 0 saturated carbocycles. The summed E-state index contributed by atoms with van der Waals surface area (Å²) in [5.74, 6) is 0. The Hall–Kier alpha value is -0.780. The van der Waals surface area contributed by atoms with E-state index in [1.54, 1.807) is 22.7 Å². The van der Waals surface area contributed by atoms with Gasteiger partial charge in [-0.1, -0.05) is 0 Å². The van der Waals surface area contributed by atoms with Crippen LogP contribution in [0.25, 0.3) is 0 Å². The molecule has 2 aromatic heterocycles. The van der Waals surface area contributed by atoms with E-state index in [1.165, 1.54) is 29.8 Å². The van der Waals surface area contributed by atoms with Crippen LogP contribution in [0.4, 0.5) is 0 Å². The number of hydrogen-bond donors (Lipinski definition) is 1. The highest BCUT2D eigenvalue weighted by atomic mass is 32.1. The Balaban J connectivity index is 1.91. The molecule has 0 spiro atoms. The number of nitrogens with two attached hydrogens (primary N) is 1. The molecule has 0 saturated heterocycles. The zero-order chi connectivity index (χ0) is 11.8. The van der Waals surface area contributed by atoms with Crippen LogP contribution < -0.4 is 5.73 Å². The smallest absolute Gasteiger partial charge is 0.116 e. The summed E-state index contributed by atoms with van der Waals surface area (Å²) >= 11 is 3.42. The van der Waals surface area contributed by atoms with E-state index < -0.39 is 0 Å². The normalized spacial score (nSPS) is 16.8. The lowest BCUT2D eigenvalue weighted by molar-refractivity contribution is 0.678. The first-order valence-corrected chi connectivity index (χ1v) is 7.60. The van der Waals surface area contributed by atoms with E-state index in [2.05, 4.69) is 4.98 Å². The quantitative estimate of drug-likeness (QED) is 0.908. The lowest BCUT2D eigenvalue weighted by Gasteiger charge is -2.06. The third-order valence-electron chi connectivity index (χ3n) is 3.08. The van der Waals surface area contributed by atoms with E-state index in [0.717, 1.165) is 22.1 Å². The Bertz CT molecular complexity index is 506. The van der Waals surface area contributed by atoms with Gasteiger partial charge in [0.05, 0.1) is 16.4 Å². The van der Waals surface area contributed by atoms with Crippen LogP contribution in [0.3, 0.4) is 0 Å². The molecular weight excluding hydrogens is 250 g/mol. The first-order valence-electron chi connectivity index (χ1n) is 5.90. The van der Waals surface area contributed by atoms with Crippen molar-refractivity contribution in [2.24, 2.45) is 5.73 Å². The fraction of sp³-hybridized carbons (Fsp3) is 0.500. The zero-order valence-corrected chi connectivity index (χ0v) is 11.4. The molecule has 1 atom stereocenters. The maximum absolute atomic E-state index is 6.23. The Morgan fingerprint density at radius 3 is 2.82 bits per heavy atom. The fourth-order valence-electron chi connectivity index (χ4n) is 2.15. The van der Waals surface area contributed by atoms with Crippen molar-refractivity contribution in [3.63, 3.8) is 0 Å². The second kappa shape index (κ2) is 4.48. The predicted molar refractivity (Wildman–Crippen MR) is 71.6 cm³/mol. The van der Waals surface area contributed by atoms with Crippen molar-refractivity contribution in [1.82, 2.24) is 9.97 Å². The van der Waals surface area contributed by atoms with Crippen LogP contribution in [0.1, 0.15) is 45.2 Å². The molecule has 90 valence electrons. The fourth-order valence-corrected chi connectivity index (χ4v) is 3.97. The number of thiazole rings is 2. The summed E-state index contributed by atoms with van der Waals surface area (Å²) in [5.41, 5.74) is 8.47. The van der Waals surface area contributed by atoms with Crippen LogP contribution in [0.2, 0.25) is 0 Å². The third kappa shape index (κ3) is 2.14. The molecule has 2 N–H and O–H groups in total. The lowest BCUT2D eigenvalue weighted by Crippen LogP contribution is -2.12. The van der Waals surface area contributed by atoms with E-state index in [4.69, 9.17) is 10.7 Å². The molecule has 0 aromatic carbocycles. The average molecular weight is 265 g/mol. The molecule has 0 aliphatic heterocycles. The van der Waals surface area contributed by atoms with Crippen LogP contribution in [-0.2, 0) is 12.8 Å². The number of hydrogen-bond acceptors (Lipinski definition) is 5. The minimum absolute atomic E-state index is 0.143. The molecule has 1 aliphatic carbocycles. The van der Waals surface area contributed by atoms with E-state index >= 15 is 0 Å². The van der Waals surface area contributed by atoms with Crippen molar-refractivity contribution in [3.8, 4) is 0 Å². The molecule has 2 aromatic rings. The summed E-state index contributed by atoms with van der Waals surface area (Å²) in [6.07, 6.45) is 4.85. The Morgan fingerprint density at radius 1 is 1.29 bits per heavy atom. The van der Waals surface area contributed by atoms with Crippen molar-refractivity contribution < 1.29 is 0 Å². The minimum Gasteiger partial charge on any atom is -0.317 e. The topological polar surface area (TPSA) is 51.8 Å². The van der Waals surface area contributed by atoms with Gasteiger partial charge in [-0.15, -0.1) is 22.7 Å². The molecule has 1 aliphatic rings. The molecule has 0 fully saturated rings. The van der Waals surface area contributed by atoms with Crippen molar-refractivity contribution >= 4 is 22.7 Å². The van der Waals surface area contributed by atoms with Gasteiger partial charge in [0.2, 0.25) is 0 Å². The zero-order valence-electron chi connectivity index (χ0n) is 9.77. The molecule has 2 heterocycles. The highest BCUT2D eigenvalue weighted by molar-refractivity contribution is 7.12. The maximum Gasteiger partial charge on any atom is 0.116 e. The van der Waals surface area contributed by atoms with Gasteiger partial charge in [-0.25, -0.2) is 9.97 Å². The average Bonchev–Trinajstić information content (AvgIpc) is 2.93. The first kappa shape index (κ1) is 11.3. The van der Waals surface area contributed by atoms with E-state index in [-0.39, 0.29) is 6.04 Å². The van der Waals surface area contributed by atoms with Gasteiger partial charge < -0.3 is 5.73 Å². The molecule has 0 bridgehead atoms. The van der Waals surface area contributed by atoms with Crippen LogP contribution in [0.5, 0.6) is 0 Å². The van der Waals surface area contributed by atoms with Crippen molar-refractivity contribution in [2.75, 3.05) is 0 Å². The first-order chi connectivity index (χ1) is 8.24.